The van der Waals surface area contributed by atoms with Gasteiger partial charge in [0.15, 0.2) is 5.60 Å². The van der Waals surface area contributed by atoms with Crippen molar-refractivity contribution in [3.63, 3.8) is 0 Å². The largest absolute Gasteiger partial charge is 0.513 e. The molecule has 0 amide bonds. The molecule has 1 atom stereocenters. The molecule has 12 nitrogen and oxygen atoms in total. The highest BCUT2D eigenvalue weighted by molar-refractivity contribution is 5.98. The van der Waals surface area contributed by atoms with Crippen LogP contribution in [0.1, 0.15) is 50.7 Å². The molecule has 0 saturated heterocycles. The van der Waals surface area contributed by atoms with E-state index in [1.165, 1.54) is 6.92 Å². The van der Waals surface area contributed by atoms with E-state index in [1.807, 2.05) is 13.8 Å². The van der Waals surface area contributed by atoms with E-state index in [9.17, 15) is 33.9 Å². The van der Waals surface area contributed by atoms with Gasteiger partial charge in [-0.15, -0.1) is 0 Å². The first-order valence-corrected chi connectivity index (χ1v) is 9.68. The van der Waals surface area contributed by atoms with Crippen molar-refractivity contribution in [3.8, 4) is 0 Å². The van der Waals surface area contributed by atoms with Crippen LogP contribution in [0, 0.1) is 5.92 Å². The molecule has 1 aromatic rings. The highest BCUT2D eigenvalue weighted by Crippen LogP contribution is 2.23. The number of hydrogen-bond donors (Lipinski definition) is 3. The van der Waals surface area contributed by atoms with E-state index >= 15 is 0 Å². The summed E-state index contributed by atoms with van der Waals surface area (Å²) >= 11 is 0. The number of hydrogen-bond acceptors (Lipinski definition) is 10. The first-order chi connectivity index (χ1) is 15.2. The monoisotopic (exact) mass is 468 g/mol. The molecule has 0 heterocycles. The number of ether oxygens (including phenoxy) is 3. The van der Waals surface area contributed by atoms with Crippen LogP contribution in [-0.4, -0.2) is 57.1 Å². The number of carbonyl (C=O) groups excluding carboxylic acids is 4. The Balaban J connectivity index is 3.00. The second-order valence-corrected chi connectivity index (χ2v) is 7.63. The van der Waals surface area contributed by atoms with Crippen molar-refractivity contribution in [1.82, 2.24) is 0 Å². The van der Waals surface area contributed by atoms with Gasteiger partial charge in [0, 0.05) is 0 Å². The third-order valence-corrected chi connectivity index (χ3v) is 4.33. The second kappa shape index (κ2) is 11.7. The van der Waals surface area contributed by atoms with Gasteiger partial charge >= 0.3 is 36.2 Å². The van der Waals surface area contributed by atoms with Crippen molar-refractivity contribution in [3.05, 3.63) is 35.4 Å². The summed E-state index contributed by atoms with van der Waals surface area (Å²) in [7, 11) is 0. The van der Waals surface area contributed by atoms with Crippen molar-refractivity contribution in [2.45, 2.75) is 51.6 Å². The van der Waals surface area contributed by atoms with Gasteiger partial charge in [-0.3, -0.25) is 14.4 Å². The van der Waals surface area contributed by atoms with Crippen LogP contribution in [0.25, 0.3) is 0 Å². The Morgan fingerprint density at radius 3 is 1.67 bits per heavy atom. The predicted octanol–water partition coefficient (Wildman–Crippen LogP) is 2.01. The van der Waals surface area contributed by atoms with E-state index in [0.717, 1.165) is 12.0 Å². The number of benzene rings is 1. The lowest BCUT2D eigenvalue weighted by Crippen LogP contribution is -2.46. The Bertz CT molecular complexity index is 886. The highest BCUT2D eigenvalue weighted by Gasteiger charge is 2.45. The minimum absolute atomic E-state index is 0.411. The van der Waals surface area contributed by atoms with Crippen molar-refractivity contribution < 1.29 is 58.3 Å². The van der Waals surface area contributed by atoms with E-state index < -0.39 is 60.5 Å². The summed E-state index contributed by atoms with van der Waals surface area (Å²) in [6.07, 6.45) is -6.18. The molecule has 33 heavy (non-hydrogen) atoms. The molecular formula is C21H24O12. The minimum atomic E-state index is -3.13. The van der Waals surface area contributed by atoms with Crippen LogP contribution in [0.3, 0.4) is 0 Å². The van der Waals surface area contributed by atoms with E-state index in [-0.39, 0.29) is 0 Å². The smallest absolute Gasteiger partial charge is 0.449 e. The summed E-state index contributed by atoms with van der Waals surface area (Å²) < 4.78 is 12.2. The van der Waals surface area contributed by atoms with E-state index in [0.29, 0.717) is 11.5 Å². The Labute approximate surface area is 188 Å². The molecule has 0 aliphatic heterocycles. The van der Waals surface area contributed by atoms with Crippen LogP contribution in [0.2, 0.25) is 0 Å². The van der Waals surface area contributed by atoms with Gasteiger partial charge in [-0.1, -0.05) is 38.1 Å². The predicted molar refractivity (Wildman–Crippen MR) is 107 cm³/mol. The summed E-state index contributed by atoms with van der Waals surface area (Å²) in [4.78, 5) is 69.0. The van der Waals surface area contributed by atoms with E-state index in [2.05, 4.69) is 14.2 Å². The fourth-order valence-corrected chi connectivity index (χ4v) is 2.78. The van der Waals surface area contributed by atoms with Crippen molar-refractivity contribution >= 4 is 36.2 Å². The van der Waals surface area contributed by atoms with E-state index in [4.69, 9.17) is 10.2 Å². The molecule has 3 N–H and O–H groups in total. The molecule has 0 saturated carbocycles. The summed E-state index contributed by atoms with van der Waals surface area (Å²) in [6.45, 7) is 5.49. The second-order valence-electron chi connectivity index (χ2n) is 7.63. The maximum Gasteiger partial charge on any atom is 0.513 e. The van der Waals surface area contributed by atoms with Crippen LogP contribution >= 0.6 is 0 Å². The molecule has 0 aromatic heterocycles. The SMILES string of the molecule is CC(C)Cc1ccc(C(C)C(=O)OC(=O)C(O)(CC(=O)OC(=O)O)CC(=O)OC(=O)O)cc1. The number of esters is 4. The molecule has 0 aliphatic rings. The Morgan fingerprint density at radius 1 is 0.818 bits per heavy atom. The fourth-order valence-electron chi connectivity index (χ4n) is 2.78. The molecule has 0 spiro atoms. The summed E-state index contributed by atoms with van der Waals surface area (Å²) in [5.41, 5.74) is -1.64. The Morgan fingerprint density at radius 2 is 1.27 bits per heavy atom. The van der Waals surface area contributed by atoms with Crippen molar-refractivity contribution in [2.75, 3.05) is 0 Å². The molecule has 180 valence electrons. The molecule has 0 aliphatic carbocycles. The standard InChI is InChI=1S/C21H24O12/c1-11(2)8-13-4-6-14(7-5-13)12(3)17(24)33-18(25)21(30,9-15(22)31-19(26)27)10-16(23)32-20(28)29/h4-7,11-12,30H,8-10H2,1-3H3,(H,26,27)(H,28,29). The van der Waals surface area contributed by atoms with Crippen molar-refractivity contribution in [1.29, 1.82) is 0 Å². The summed E-state index contributed by atoms with van der Waals surface area (Å²) in [5, 5.41) is 27.4. The third-order valence-electron chi connectivity index (χ3n) is 4.33. The summed E-state index contributed by atoms with van der Waals surface area (Å²) in [5.74, 6) is -6.84. The minimum Gasteiger partial charge on any atom is -0.449 e. The van der Waals surface area contributed by atoms with Crippen LogP contribution in [0.5, 0.6) is 0 Å². The normalized spacial score (nSPS) is 11.9. The maximum absolute atomic E-state index is 12.4. The Hall–Kier alpha value is -3.80. The Kier molecular flexibility index (Phi) is 9.67. The molecule has 1 rings (SSSR count). The zero-order valence-corrected chi connectivity index (χ0v) is 18.1. The lowest BCUT2D eigenvalue weighted by atomic mass is 9.95. The van der Waals surface area contributed by atoms with Gasteiger partial charge in [0.1, 0.15) is 0 Å². The van der Waals surface area contributed by atoms with E-state index in [1.54, 1.807) is 24.3 Å². The first-order valence-electron chi connectivity index (χ1n) is 9.68. The molecule has 1 unspecified atom stereocenters. The number of rotatable bonds is 9. The van der Waals surface area contributed by atoms with Crippen LogP contribution in [0.15, 0.2) is 24.3 Å². The molecule has 0 bridgehead atoms. The fraction of sp³-hybridized carbons (Fsp3) is 0.429. The average molecular weight is 468 g/mol. The van der Waals surface area contributed by atoms with Gasteiger partial charge in [0.05, 0.1) is 18.8 Å². The number of carbonyl (C=O) groups is 6. The summed E-state index contributed by atoms with van der Waals surface area (Å²) in [6, 6.07) is 6.88. The van der Waals surface area contributed by atoms with Crippen molar-refractivity contribution in [2.24, 2.45) is 5.92 Å². The van der Waals surface area contributed by atoms with Gasteiger partial charge in [-0.25, -0.2) is 14.4 Å². The molecule has 1 aromatic carbocycles. The van der Waals surface area contributed by atoms with Gasteiger partial charge < -0.3 is 29.5 Å². The number of carboxylic acid groups (broad SMARTS) is 2. The van der Waals surface area contributed by atoms with Gasteiger partial charge in [-0.2, -0.15) is 0 Å². The zero-order chi connectivity index (χ0) is 25.3. The van der Waals surface area contributed by atoms with Gasteiger partial charge in [0.25, 0.3) is 0 Å². The quantitative estimate of drug-likeness (QED) is 0.272. The van der Waals surface area contributed by atoms with Crippen LogP contribution in [0.4, 0.5) is 9.59 Å². The number of aliphatic hydroxyl groups is 1. The molecule has 0 fully saturated rings. The van der Waals surface area contributed by atoms with Gasteiger partial charge in [0.2, 0.25) is 0 Å². The lowest BCUT2D eigenvalue weighted by molar-refractivity contribution is -0.182. The molecule has 12 heteroatoms. The first kappa shape index (κ1) is 27.2. The van der Waals surface area contributed by atoms with Gasteiger partial charge in [-0.05, 0) is 30.4 Å². The zero-order valence-electron chi connectivity index (χ0n) is 18.1. The van der Waals surface area contributed by atoms with Crippen LogP contribution < -0.4 is 0 Å². The molecule has 0 radical (unpaired) electrons. The topological polar surface area (TPSA) is 191 Å². The highest BCUT2D eigenvalue weighted by atomic mass is 16.7. The maximum atomic E-state index is 12.4. The lowest BCUT2D eigenvalue weighted by Gasteiger charge is -2.23. The average Bonchev–Trinajstić information content (AvgIpc) is 2.65. The molecular weight excluding hydrogens is 444 g/mol. The van der Waals surface area contributed by atoms with Crippen LogP contribution in [-0.2, 0) is 39.8 Å². The third kappa shape index (κ3) is 9.07.